The van der Waals surface area contributed by atoms with Crippen LogP contribution in [0.3, 0.4) is 0 Å². The van der Waals surface area contributed by atoms with Crippen LogP contribution in [0.2, 0.25) is 0 Å². The molecule has 3 amide bonds. The van der Waals surface area contributed by atoms with E-state index in [4.69, 9.17) is 4.74 Å². The van der Waals surface area contributed by atoms with Gasteiger partial charge in [-0.2, -0.15) is 0 Å². The molecule has 10 heteroatoms. The lowest BCUT2D eigenvalue weighted by molar-refractivity contribution is -0.142. The second-order valence-corrected chi connectivity index (χ2v) is 9.27. The third-order valence-electron chi connectivity index (χ3n) is 5.12. The number of hydrogen-bond acceptors (Lipinski definition) is 6. The lowest BCUT2D eigenvalue weighted by Gasteiger charge is -2.17. The Hall–Kier alpha value is -2.72. The Kier molecular flexibility index (Phi) is 5.76. The number of nitrogens with zero attached hydrogens (tertiary/aromatic N) is 2. The third kappa shape index (κ3) is 3.90. The monoisotopic (exact) mass is 421 g/mol. The van der Waals surface area contributed by atoms with Crippen molar-refractivity contribution in [1.29, 1.82) is 0 Å². The Labute approximate surface area is 169 Å². The summed E-state index contributed by atoms with van der Waals surface area (Å²) < 4.78 is 30.9. The fourth-order valence-electron chi connectivity index (χ4n) is 3.51. The molecule has 0 aromatic heterocycles. The van der Waals surface area contributed by atoms with E-state index in [0.29, 0.717) is 12.8 Å². The number of likely N-dealkylation sites (tertiary alicyclic amines) is 1. The van der Waals surface area contributed by atoms with E-state index in [1.54, 1.807) is 0 Å². The van der Waals surface area contributed by atoms with Gasteiger partial charge in [0, 0.05) is 14.1 Å². The summed E-state index contributed by atoms with van der Waals surface area (Å²) >= 11 is 0. The number of fused-ring (bicyclic) bond motifs is 1. The number of sulfonamides is 1. The highest BCUT2D eigenvalue weighted by Crippen LogP contribution is 2.35. The standard InChI is InChI=1S/C19H23N3O6S/c1-21(2)29(26,27)12-8-9-16(28-3)15(10-12)20-17(23)11-22-18(24)13-6-4-5-7-14(13)19(22)25/h4-5,8-10,13-14H,6-7,11H2,1-3H3,(H,20,23)/t13-,14-/m0/s1. The Morgan fingerprint density at radius 2 is 1.76 bits per heavy atom. The smallest absolute Gasteiger partial charge is 0.244 e. The van der Waals surface area contributed by atoms with Crippen LogP contribution in [-0.4, -0.2) is 63.1 Å². The van der Waals surface area contributed by atoms with E-state index in [-0.39, 0.29) is 28.1 Å². The number of imide groups is 1. The van der Waals surface area contributed by atoms with Gasteiger partial charge in [0.25, 0.3) is 0 Å². The van der Waals surface area contributed by atoms with Gasteiger partial charge in [-0.05, 0) is 31.0 Å². The molecule has 9 nitrogen and oxygen atoms in total. The maximum atomic E-state index is 12.5. The molecule has 1 aromatic rings. The molecule has 1 saturated heterocycles. The summed E-state index contributed by atoms with van der Waals surface area (Å²) in [6, 6.07) is 4.08. The molecule has 3 rings (SSSR count). The number of allylic oxidation sites excluding steroid dienone is 2. The van der Waals surface area contributed by atoms with Crippen LogP contribution in [-0.2, 0) is 24.4 Å². The molecule has 156 valence electrons. The highest BCUT2D eigenvalue weighted by molar-refractivity contribution is 7.89. The summed E-state index contributed by atoms with van der Waals surface area (Å²) in [4.78, 5) is 38.5. The summed E-state index contributed by atoms with van der Waals surface area (Å²) in [5.74, 6) is -1.89. The molecular weight excluding hydrogens is 398 g/mol. The van der Waals surface area contributed by atoms with Crippen molar-refractivity contribution in [2.45, 2.75) is 17.7 Å². The topological polar surface area (TPSA) is 113 Å². The van der Waals surface area contributed by atoms with Crippen LogP contribution in [0.25, 0.3) is 0 Å². The summed E-state index contributed by atoms with van der Waals surface area (Å²) in [5.41, 5.74) is 0.138. The van der Waals surface area contributed by atoms with E-state index in [0.717, 1.165) is 9.21 Å². The van der Waals surface area contributed by atoms with E-state index in [1.807, 2.05) is 12.2 Å². The number of hydrogen-bond donors (Lipinski definition) is 1. The lowest BCUT2D eigenvalue weighted by Crippen LogP contribution is -2.38. The van der Waals surface area contributed by atoms with Crippen LogP contribution in [0.4, 0.5) is 5.69 Å². The van der Waals surface area contributed by atoms with Gasteiger partial charge in [-0.3, -0.25) is 19.3 Å². The zero-order valence-electron chi connectivity index (χ0n) is 16.4. The van der Waals surface area contributed by atoms with Crippen molar-refractivity contribution < 1.29 is 27.5 Å². The fourth-order valence-corrected chi connectivity index (χ4v) is 4.44. The van der Waals surface area contributed by atoms with Crippen LogP contribution in [0, 0.1) is 11.8 Å². The molecule has 0 radical (unpaired) electrons. The molecule has 2 aliphatic rings. The summed E-state index contributed by atoms with van der Waals surface area (Å²) in [7, 11) is 0.471. The van der Waals surface area contributed by atoms with Crippen molar-refractivity contribution in [3.8, 4) is 5.75 Å². The quantitative estimate of drug-likeness (QED) is 0.538. The highest BCUT2D eigenvalue weighted by Gasteiger charge is 2.47. The maximum Gasteiger partial charge on any atom is 0.244 e. The molecule has 1 aliphatic heterocycles. The number of carbonyl (C=O) groups is 3. The zero-order valence-corrected chi connectivity index (χ0v) is 17.2. The van der Waals surface area contributed by atoms with Crippen LogP contribution < -0.4 is 10.1 Å². The molecule has 1 aromatic carbocycles. The Bertz CT molecular complexity index is 960. The van der Waals surface area contributed by atoms with E-state index in [9.17, 15) is 22.8 Å². The van der Waals surface area contributed by atoms with Gasteiger partial charge in [0.1, 0.15) is 12.3 Å². The van der Waals surface area contributed by atoms with E-state index < -0.39 is 34.3 Å². The normalized spacial score (nSPS) is 21.4. The van der Waals surface area contributed by atoms with Gasteiger partial charge in [0.15, 0.2) is 0 Å². The van der Waals surface area contributed by atoms with Crippen LogP contribution in [0.1, 0.15) is 12.8 Å². The molecule has 0 bridgehead atoms. The highest BCUT2D eigenvalue weighted by atomic mass is 32.2. The number of ether oxygens (including phenoxy) is 1. The van der Waals surface area contributed by atoms with Crippen molar-refractivity contribution in [3.05, 3.63) is 30.4 Å². The number of methoxy groups -OCH3 is 1. The Morgan fingerprint density at radius 3 is 2.28 bits per heavy atom. The average Bonchev–Trinajstić information content (AvgIpc) is 2.93. The fraction of sp³-hybridized carbons (Fsp3) is 0.421. The van der Waals surface area contributed by atoms with Gasteiger partial charge in [0.2, 0.25) is 27.7 Å². The number of amides is 3. The SMILES string of the molecule is COc1ccc(S(=O)(=O)N(C)C)cc1NC(=O)CN1C(=O)[C@H]2CC=CC[C@@H]2C1=O. The first-order valence-electron chi connectivity index (χ1n) is 9.07. The van der Waals surface area contributed by atoms with Gasteiger partial charge < -0.3 is 10.1 Å². The van der Waals surface area contributed by atoms with Crippen LogP contribution in [0.5, 0.6) is 5.75 Å². The van der Waals surface area contributed by atoms with E-state index in [2.05, 4.69) is 5.32 Å². The molecule has 1 fully saturated rings. The van der Waals surface area contributed by atoms with Gasteiger partial charge in [-0.15, -0.1) is 0 Å². The van der Waals surface area contributed by atoms with Crippen molar-refractivity contribution >= 4 is 33.4 Å². The Morgan fingerprint density at radius 1 is 1.17 bits per heavy atom. The first kappa shape index (κ1) is 21.0. The summed E-state index contributed by atoms with van der Waals surface area (Å²) in [6.45, 7) is -0.432. The minimum atomic E-state index is -3.71. The minimum absolute atomic E-state index is 0.0241. The molecular formula is C19H23N3O6S. The van der Waals surface area contributed by atoms with Crippen molar-refractivity contribution in [2.24, 2.45) is 11.8 Å². The lowest BCUT2D eigenvalue weighted by atomic mass is 9.85. The molecule has 1 N–H and O–H groups in total. The number of rotatable bonds is 6. The molecule has 0 spiro atoms. The second kappa shape index (κ2) is 7.96. The molecule has 0 saturated carbocycles. The molecule has 2 atom stereocenters. The van der Waals surface area contributed by atoms with Gasteiger partial charge in [-0.1, -0.05) is 12.2 Å². The second-order valence-electron chi connectivity index (χ2n) is 7.12. The van der Waals surface area contributed by atoms with Crippen molar-refractivity contribution in [3.63, 3.8) is 0 Å². The van der Waals surface area contributed by atoms with Gasteiger partial charge >= 0.3 is 0 Å². The molecule has 1 heterocycles. The predicted octanol–water partition coefficient (Wildman–Crippen LogP) is 0.835. The number of anilines is 1. The summed E-state index contributed by atoms with van der Waals surface area (Å²) in [6.07, 6.45) is 4.73. The minimum Gasteiger partial charge on any atom is -0.495 e. The molecule has 0 unspecified atom stereocenters. The maximum absolute atomic E-state index is 12.5. The van der Waals surface area contributed by atoms with Crippen molar-refractivity contribution in [2.75, 3.05) is 33.1 Å². The van der Waals surface area contributed by atoms with E-state index in [1.165, 1.54) is 39.4 Å². The van der Waals surface area contributed by atoms with Crippen molar-refractivity contribution in [1.82, 2.24) is 9.21 Å². The number of carbonyl (C=O) groups excluding carboxylic acids is 3. The first-order valence-corrected chi connectivity index (χ1v) is 10.5. The number of nitrogens with one attached hydrogen (secondary N) is 1. The number of benzene rings is 1. The Balaban J connectivity index is 1.78. The summed E-state index contributed by atoms with van der Waals surface area (Å²) in [5, 5.41) is 2.55. The molecule has 29 heavy (non-hydrogen) atoms. The zero-order chi connectivity index (χ0) is 21.3. The third-order valence-corrected chi connectivity index (χ3v) is 6.94. The average molecular weight is 421 g/mol. The first-order chi connectivity index (χ1) is 13.7. The van der Waals surface area contributed by atoms with Gasteiger partial charge in [0.05, 0.1) is 29.5 Å². The molecule has 1 aliphatic carbocycles. The van der Waals surface area contributed by atoms with Crippen LogP contribution >= 0.6 is 0 Å². The van der Waals surface area contributed by atoms with Gasteiger partial charge in [-0.25, -0.2) is 12.7 Å². The van der Waals surface area contributed by atoms with E-state index >= 15 is 0 Å². The largest absolute Gasteiger partial charge is 0.495 e. The van der Waals surface area contributed by atoms with Crippen LogP contribution in [0.15, 0.2) is 35.2 Å². The predicted molar refractivity (Wildman–Crippen MR) is 105 cm³/mol.